The monoisotopic (exact) mass is 354 g/mol. The lowest BCUT2D eigenvalue weighted by Gasteiger charge is -2.11. The molecular formula is C23H18N2O2. The highest BCUT2D eigenvalue weighted by Gasteiger charge is 2.15. The predicted molar refractivity (Wildman–Crippen MR) is 105 cm³/mol. The van der Waals surface area contributed by atoms with Crippen LogP contribution >= 0.6 is 0 Å². The number of amides is 1. The summed E-state index contributed by atoms with van der Waals surface area (Å²) in [7, 11) is 0. The molecule has 0 fully saturated rings. The summed E-state index contributed by atoms with van der Waals surface area (Å²) < 4.78 is 0. The quantitative estimate of drug-likeness (QED) is 0.684. The van der Waals surface area contributed by atoms with Crippen molar-refractivity contribution in [1.82, 2.24) is 0 Å². The molecule has 0 aliphatic rings. The van der Waals surface area contributed by atoms with Gasteiger partial charge < -0.3 is 5.32 Å². The third-order valence-corrected chi connectivity index (χ3v) is 4.18. The second-order valence-electron chi connectivity index (χ2n) is 6.28. The largest absolute Gasteiger partial charge is 0.321 e. The van der Waals surface area contributed by atoms with Crippen LogP contribution in [0.3, 0.4) is 0 Å². The summed E-state index contributed by atoms with van der Waals surface area (Å²) in [4.78, 5) is 25.3. The lowest BCUT2D eigenvalue weighted by molar-refractivity contribution is 0.0994. The minimum Gasteiger partial charge on any atom is -0.321 e. The molecule has 0 heterocycles. The van der Waals surface area contributed by atoms with E-state index in [1.807, 2.05) is 37.3 Å². The third-order valence-electron chi connectivity index (χ3n) is 4.18. The second kappa shape index (κ2) is 8.11. The smallest absolute Gasteiger partial charge is 0.255 e. The van der Waals surface area contributed by atoms with Crippen LogP contribution in [0.5, 0.6) is 0 Å². The van der Waals surface area contributed by atoms with Crippen molar-refractivity contribution in [3.8, 4) is 6.07 Å². The number of anilines is 1. The molecule has 0 saturated heterocycles. The van der Waals surface area contributed by atoms with Gasteiger partial charge >= 0.3 is 0 Å². The highest BCUT2D eigenvalue weighted by Crippen LogP contribution is 2.19. The van der Waals surface area contributed by atoms with Crippen LogP contribution in [0.1, 0.15) is 37.4 Å². The Labute approximate surface area is 158 Å². The van der Waals surface area contributed by atoms with E-state index in [0.717, 1.165) is 11.1 Å². The molecule has 132 valence electrons. The number of carbonyl (C=O) groups is 2. The summed E-state index contributed by atoms with van der Waals surface area (Å²) in [5, 5.41) is 11.8. The minimum atomic E-state index is -0.358. The number of ketones is 1. The predicted octanol–water partition coefficient (Wildman–Crippen LogP) is 4.54. The summed E-state index contributed by atoms with van der Waals surface area (Å²) in [5.74, 6) is -0.426. The first-order valence-electron chi connectivity index (χ1n) is 8.56. The number of nitrogens with zero attached hydrogens (tertiary/aromatic N) is 1. The first kappa shape index (κ1) is 18.1. The molecule has 0 bridgehead atoms. The van der Waals surface area contributed by atoms with Crippen LogP contribution in [0.15, 0.2) is 72.8 Å². The van der Waals surface area contributed by atoms with Crippen molar-refractivity contribution in [2.45, 2.75) is 13.3 Å². The van der Waals surface area contributed by atoms with E-state index >= 15 is 0 Å². The molecule has 0 spiro atoms. The molecule has 0 aliphatic heterocycles. The highest BCUT2D eigenvalue weighted by atomic mass is 16.1. The van der Waals surface area contributed by atoms with Crippen molar-refractivity contribution in [3.05, 3.63) is 101 Å². The molecule has 3 aromatic rings. The molecule has 0 saturated carbocycles. The lowest BCUT2D eigenvalue weighted by Crippen LogP contribution is -2.15. The molecular weight excluding hydrogens is 336 g/mol. The standard InChI is InChI=1S/C23H18N2O2/c1-16-6-4-7-17(12-16)14-22(26)20-10-2-3-11-21(20)25-23(27)19-9-5-8-18(13-19)15-24/h2-13H,14H2,1H3,(H,25,27). The van der Waals surface area contributed by atoms with Gasteiger partial charge in [-0.2, -0.15) is 5.26 Å². The number of hydrogen-bond acceptors (Lipinski definition) is 3. The Morgan fingerprint density at radius 1 is 0.963 bits per heavy atom. The number of benzene rings is 3. The van der Waals surface area contributed by atoms with Crippen molar-refractivity contribution in [2.24, 2.45) is 0 Å². The fourth-order valence-electron chi connectivity index (χ4n) is 2.86. The Morgan fingerprint density at radius 3 is 2.52 bits per heavy atom. The van der Waals surface area contributed by atoms with E-state index in [0.29, 0.717) is 22.4 Å². The van der Waals surface area contributed by atoms with Crippen molar-refractivity contribution < 1.29 is 9.59 Å². The first-order chi connectivity index (χ1) is 13.1. The van der Waals surface area contributed by atoms with Gasteiger partial charge in [0.2, 0.25) is 0 Å². The van der Waals surface area contributed by atoms with Crippen LogP contribution in [0, 0.1) is 18.3 Å². The molecule has 0 aliphatic carbocycles. The van der Waals surface area contributed by atoms with Crippen molar-refractivity contribution in [1.29, 1.82) is 5.26 Å². The maximum absolute atomic E-state index is 12.8. The Hall–Kier alpha value is -3.71. The molecule has 27 heavy (non-hydrogen) atoms. The van der Waals surface area contributed by atoms with Crippen molar-refractivity contribution in [2.75, 3.05) is 5.32 Å². The van der Waals surface area contributed by atoms with E-state index in [1.54, 1.807) is 42.5 Å². The number of nitriles is 1. The number of para-hydroxylation sites is 1. The molecule has 0 aromatic heterocycles. The molecule has 0 atom stereocenters. The van der Waals surface area contributed by atoms with Gasteiger partial charge in [0.15, 0.2) is 5.78 Å². The maximum atomic E-state index is 12.8. The average molecular weight is 354 g/mol. The van der Waals surface area contributed by atoms with Crippen molar-refractivity contribution in [3.63, 3.8) is 0 Å². The van der Waals surface area contributed by atoms with Gasteiger partial charge in [0.1, 0.15) is 0 Å². The van der Waals surface area contributed by atoms with Gasteiger partial charge in [-0.15, -0.1) is 0 Å². The zero-order valence-corrected chi connectivity index (χ0v) is 14.9. The van der Waals surface area contributed by atoms with Crippen molar-refractivity contribution >= 4 is 17.4 Å². The molecule has 1 N–H and O–H groups in total. The molecule has 0 unspecified atom stereocenters. The van der Waals surface area contributed by atoms with E-state index in [1.165, 1.54) is 6.07 Å². The Bertz CT molecular complexity index is 1050. The Balaban J connectivity index is 1.82. The van der Waals surface area contributed by atoms with Crippen LogP contribution in [-0.4, -0.2) is 11.7 Å². The van der Waals surface area contributed by atoms with Gasteiger partial charge in [-0.3, -0.25) is 9.59 Å². The molecule has 0 radical (unpaired) electrons. The molecule has 1 amide bonds. The van der Waals surface area contributed by atoms with Crippen LogP contribution in [0.25, 0.3) is 0 Å². The first-order valence-corrected chi connectivity index (χ1v) is 8.56. The van der Waals surface area contributed by atoms with Crippen LogP contribution in [0.4, 0.5) is 5.69 Å². The van der Waals surface area contributed by atoms with Gasteiger partial charge in [-0.25, -0.2) is 0 Å². The number of rotatable bonds is 5. The Morgan fingerprint density at radius 2 is 1.74 bits per heavy atom. The number of carbonyl (C=O) groups excluding carboxylic acids is 2. The SMILES string of the molecule is Cc1cccc(CC(=O)c2ccccc2NC(=O)c2cccc(C#N)c2)c1. The zero-order valence-electron chi connectivity index (χ0n) is 14.9. The number of nitrogens with one attached hydrogen (secondary N) is 1. The summed E-state index contributed by atoms with van der Waals surface area (Å²) in [6.45, 7) is 1.98. The van der Waals surface area contributed by atoms with E-state index < -0.39 is 0 Å². The second-order valence-corrected chi connectivity index (χ2v) is 6.28. The highest BCUT2D eigenvalue weighted by molar-refractivity contribution is 6.10. The van der Waals surface area contributed by atoms with Gasteiger partial charge in [-0.1, -0.05) is 48.0 Å². The third kappa shape index (κ3) is 4.47. The van der Waals surface area contributed by atoms with Gasteiger partial charge in [-0.05, 0) is 42.8 Å². The maximum Gasteiger partial charge on any atom is 0.255 e. The fraction of sp³-hybridized carbons (Fsp3) is 0.0870. The van der Waals surface area contributed by atoms with Gasteiger partial charge in [0, 0.05) is 17.5 Å². The normalized spacial score (nSPS) is 10.1. The number of hydrogen-bond donors (Lipinski definition) is 1. The summed E-state index contributed by atoms with van der Waals surface area (Å²) in [6, 6.07) is 23.2. The van der Waals surface area contributed by atoms with E-state index in [2.05, 4.69) is 5.32 Å². The topological polar surface area (TPSA) is 70.0 Å². The van der Waals surface area contributed by atoms with Gasteiger partial charge in [0.05, 0.1) is 17.3 Å². The summed E-state index contributed by atoms with van der Waals surface area (Å²) >= 11 is 0. The van der Waals surface area contributed by atoms with Crippen LogP contribution < -0.4 is 5.32 Å². The Kier molecular flexibility index (Phi) is 5.44. The zero-order chi connectivity index (χ0) is 19.2. The van der Waals surface area contributed by atoms with E-state index in [9.17, 15) is 9.59 Å². The molecule has 3 aromatic carbocycles. The summed E-state index contributed by atoms with van der Waals surface area (Å²) in [6.07, 6.45) is 0.262. The molecule has 4 nitrogen and oxygen atoms in total. The van der Waals surface area contributed by atoms with Gasteiger partial charge in [0.25, 0.3) is 5.91 Å². The number of aryl methyl sites for hydroxylation is 1. The lowest BCUT2D eigenvalue weighted by atomic mass is 10.00. The van der Waals surface area contributed by atoms with Crippen LogP contribution in [0.2, 0.25) is 0 Å². The van der Waals surface area contributed by atoms with Crippen LogP contribution in [-0.2, 0) is 6.42 Å². The summed E-state index contributed by atoms with van der Waals surface area (Å²) in [5.41, 5.74) is 3.73. The molecule has 4 heteroatoms. The molecule has 3 rings (SSSR count). The van der Waals surface area contributed by atoms with E-state index in [-0.39, 0.29) is 18.1 Å². The number of Topliss-reactive ketones (excluding diaryl/α,β-unsaturated/α-hetero) is 1. The average Bonchev–Trinajstić information content (AvgIpc) is 2.68. The minimum absolute atomic E-state index is 0.0673. The fourth-order valence-corrected chi connectivity index (χ4v) is 2.86. The van der Waals surface area contributed by atoms with E-state index in [4.69, 9.17) is 5.26 Å².